The van der Waals surface area contributed by atoms with Crippen LogP contribution in [0, 0.1) is 0 Å². The summed E-state index contributed by atoms with van der Waals surface area (Å²) in [5.41, 5.74) is 0. The van der Waals surface area contributed by atoms with Gasteiger partial charge in [0, 0.05) is 23.3 Å². The van der Waals surface area contributed by atoms with E-state index in [-0.39, 0.29) is 0 Å². The molecule has 0 aromatic heterocycles. The van der Waals surface area contributed by atoms with Crippen LogP contribution in [0.3, 0.4) is 0 Å². The first-order chi connectivity index (χ1) is 7.41. The minimum Gasteiger partial charge on any atom is -0.317 e. The van der Waals surface area contributed by atoms with Gasteiger partial charge in [0.15, 0.2) is 0 Å². The molecule has 0 aromatic carbocycles. The van der Waals surface area contributed by atoms with Gasteiger partial charge in [0.2, 0.25) is 0 Å². The van der Waals surface area contributed by atoms with Crippen LogP contribution in [0.25, 0.3) is 0 Å². The predicted molar refractivity (Wildman–Crippen MR) is 78.2 cm³/mol. The topological polar surface area (TPSA) is 12.0 Å². The molecule has 0 saturated carbocycles. The fourth-order valence-electron chi connectivity index (χ4n) is 1.04. The van der Waals surface area contributed by atoms with Crippen molar-refractivity contribution in [3.8, 4) is 0 Å². The maximum atomic E-state index is 5.58. The van der Waals surface area contributed by atoms with E-state index in [1.807, 2.05) is 23.5 Å². The lowest BCUT2D eigenvalue weighted by atomic mass is 10.4. The van der Waals surface area contributed by atoms with Gasteiger partial charge in [0.05, 0.1) is 0 Å². The first kappa shape index (κ1) is 16.2. The zero-order chi connectivity index (χ0) is 11.2. The average Bonchev–Trinajstić information content (AvgIpc) is 2.26. The van der Waals surface area contributed by atoms with Gasteiger partial charge in [-0.15, -0.1) is 23.2 Å². The summed E-state index contributed by atoms with van der Waals surface area (Å²) < 4.78 is 0. The molecule has 0 unspecified atom stereocenters. The van der Waals surface area contributed by atoms with Crippen LogP contribution in [0.1, 0.15) is 12.8 Å². The molecule has 0 spiro atoms. The monoisotopic (exact) mass is 289 g/mol. The van der Waals surface area contributed by atoms with Gasteiger partial charge in [-0.3, -0.25) is 0 Å². The second kappa shape index (κ2) is 15.2. The largest absolute Gasteiger partial charge is 0.317 e. The van der Waals surface area contributed by atoms with E-state index in [0.717, 1.165) is 36.4 Å². The van der Waals surface area contributed by atoms with E-state index in [1.54, 1.807) is 0 Å². The highest BCUT2D eigenvalue weighted by molar-refractivity contribution is 7.99. The van der Waals surface area contributed by atoms with Gasteiger partial charge in [-0.1, -0.05) is 0 Å². The normalized spacial score (nSPS) is 10.8. The van der Waals surface area contributed by atoms with Crippen molar-refractivity contribution in [2.45, 2.75) is 12.8 Å². The molecule has 0 bridgehead atoms. The van der Waals surface area contributed by atoms with Crippen molar-refractivity contribution in [3.05, 3.63) is 0 Å². The summed E-state index contributed by atoms with van der Waals surface area (Å²) in [5.74, 6) is 6.15. The van der Waals surface area contributed by atoms with E-state index in [9.17, 15) is 0 Å². The molecule has 5 heteroatoms. The molecule has 92 valence electrons. The Morgan fingerprint density at radius 1 is 0.733 bits per heavy atom. The van der Waals surface area contributed by atoms with Crippen molar-refractivity contribution < 1.29 is 0 Å². The number of hydrogen-bond acceptors (Lipinski definition) is 3. The Hall–Kier alpha value is 1.24. The van der Waals surface area contributed by atoms with Gasteiger partial charge in [-0.05, 0) is 37.4 Å². The molecule has 1 nitrogen and oxygen atoms in total. The lowest BCUT2D eigenvalue weighted by Crippen LogP contribution is -2.17. The minimum atomic E-state index is 0.774. The zero-order valence-corrected chi connectivity index (χ0v) is 12.3. The molecule has 0 amide bonds. The van der Waals surface area contributed by atoms with Crippen LogP contribution in [0.2, 0.25) is 0 Å². The molecular formula is C10H21Cl2NS2. The molecule has 0 fully saturated rings. The van der Waals surface area contributed by atoms with E-state index < -0.39 is 0 Å². The highest BCUT2D eigenvalue weighted by Gasteiger charge is 1.91. The van der Waals surface area contributed by atoms with Gasteiger partial charge < -0.3 is 5.32 Å². The Labute approximate surface area is 112 Å². The molecule has 1 N–H and O–H groups in total. The number of alkyl halides is 2. The summed E-state index contributed by atoms with van der Waals surface area (Å²) in [5, 5.41) is 3.45. The van der Waals surface area contributed by atoms with Crippen LogP contribution in [0.15, 0.2) is 0 Å². The van der Waals surface area contributed by atoms with Crippen LogP contribution in [0.5, 0.6) is 0 Å². The Morgan fingerprint density at radius 2 is 1.20 bits per heavy atom. The number of hydrogen-bond donors (Lipinski definition) is 1. The summed E-state index contributed by atoms with van der Waals surface area (Å²) in [7, 11) is 0. The fraction of sp³-hybridized carbons (Fsp3) is 1.00. The van der Waals surface area contributed by atoms with Crippen LogP contribution in [-0.4, -0.2) is 47.9 Å². The molecule has 0 saturated heterocycles. The minimum absolute atomic E-state index is 0.774. The average molecular weight is 290 g/mol. The molecule has 0 heterocycles. The summed E-state index contributed by atoms with van der Waals surface area (Å²) in [6.45, 7) is 2.27. The SMILES string of the molecule is ClCCSCCCNCCCSCCCl. The number of rotatable bonds is 12. The van der Waals surface area contributed by atoms with Crippen LogP contribution >= 0.6 is 46.7 Å². The number of nitrogens with one attached hydrogen (secondary N) is 1. The number of halogens is 2. The third kappa shape index (κ3) is 15.2. The first-order valence-electron chi connectivity index (χ1n) is 5.40. The van der Waals surface area contributed by atoms with Crippen molar-refractivity contribution in [3.63, 3.8) is 0 Å². The standard InChI is InChI=1S/C10H21Cl2NS2/c11-3-9-14-7-1-5-13-6-2-8-15-10-4-12/h13H,1-10H2. The quantitative estimate of drug-likeness (QED) is 0.437. The zero-order valence-electron chi connectivity index (χ0n) is 9.14. The van der Waals surface area contributed by atoms with E-state index in [1.165, 1.54) is 24.3 Å². The van der Waals surface area contributed by atoms with Crippen LogP contribution in [0.4, 0.5) is 0 Å². The first-order valence-corrected chi connectivity index (χ1v) is 8.77. The Bertz CT molecular complexity index is 106. The van der Waals surface area contributed by atoms with Gasteiger partial charge in [-0.2, -0.15) is 23.5 Å². The molecule has 0 radical (unpaired) electrons. The van der Waals surface area contributed by atoms with Crippen molar-refractivity contribution >= 4 is 46.7 Å². The summed E-state index contributed by atoms with van der Waals surface area (Å²) in [4.78, 5) is 0. The third-order valence-electron chi connectivity index (χ3n) is 1.73. The van der Waals surface area contributed by atoms with Gasteiger partial charge in [0.1, 0.15) is 0 Å². The summed E-state index contributed by atoms with van der Waals surface area (Å²) >= 11 is 15.0. The van der Waals surface area contributed by atoms with Crippen LogP contribution < -0.4 is 5.32 Å². The predicted octanol–water partition coefficient (Wildman–Crippen LogP) is 3.30. The third-order valence-corrected chi connectivity index (χ3v) is 4.69. The lowest BCUT2D eigenvalue weighted by molar-refractivity contribution is 0.667. The maximum Gasteiger partial charge on any atom is 0.0314 e. The molecule has 0 rings (SSSR count). The smallest absolute Gasteiger partial charge is 0.0314 e. The maximum absolute atomic E-state index is 5.58. The highest BCUT2D eigenvalue weighted by atomic mass is 35.5. The van der Waals surface area contributed by atoms with Gasteiger partial charge in [-0.25, -0.2) is 0 Å². The van der Waals surface area contributed by atoms with E-state index >= 15 is 0 Å². The van der Waals surface area contributed by atoms with E-state index in [2.05, 4.69) is 5.32 Å². The molecule has 0 aliphatic heterocycles. The number of thioether (sulfide) groups is 2. The van der Waals surface area contributed by atoms with E-state index in [4.69, 9.17) is 23.2 Å². The second-order valence-corrected chi connectivity index (χ2v) is 6.27. The van der Waals surface area contributed by atoms with Crippen molar-refractivity contribution in [2.24, 2.45) is 0 Å². The Morgan fingerprint density at radius 3 is 1.60 bits per heavy atom. The second-order valence-electron chi connectivity index (χ2n) is 3.06. The van der Waals surface area contributed by atoms with Crippen LogP contribution in [-0.2, 0) is 0 Å². The highest BCUT2D eigenvalue weighted by Crippen LogP contribution is 2.03. The molecular weight excluding hydrogens is 269 g/mol. The summed E-state index contributed by atoms with van der Waals surface area (Å²) in [6, 6.07) is 0. The molecule has 0 aliphatic carbocycles. The van der Waals surface area contributed by atoms with Gasteiger partial charge >= 0.3 is 0 Å². The summed E-state index contributed by atoms with van der Waals surface area (Å²) in [6.07, 6.45) is 2.49. The van der Waals surface area contributed by atoms with Crippen molar-refractivity contribution in [1.29, 1.82) is 0 Å². The van der Waals surface area contributed by atoms with Gasteiger partial charge in [0.25, 0.3) is 0 Å². The molecule has 15 heavy (non-hydrogen) atoms. The van der Waals surface area contributed by atoms with Crippen molar-refractivity contribution in [1.82, 2.24) is 5.32 Å². The van der Waals surface area contributed by atoms with E-state index in [0.29, 0.717) is 0 Å². The van der Waals surface area contributed by atoms with Crippen molar-refractivity contribution in [2.75, 3.05) is 47.9 Å². The molecule has 0 aromatic rings. The Kier molecular flexibility index (Phi) is 16.5. The molecule has 0 atom stereocenters. The lowest BCUT2D eigenvalue weighted by Gasteiger charge is -2.04. The Balaban J connectivity index is 2.81. The fourth-order valence-corrected chi connectivity index (χ4v) is 3.01. The molecule has 0 aliphatic rings.